The summed E-state index contributed by atoms with van der Waals surface area (Å²) in [5.74, 6) is 0.159. The lowest BCUT2D eigenvalue weighted by atomic mass is 9.97. The molecule has 0 spiro atoms. The van der Waals surface area contributed by atoms with E-state index in [1.54, 1.807) is 11.0 Å². The van der Waals surface area contributed by atoms with Gasteiger partial charge in [-0.2, -0.15) is 0 Å². The van der Waals surface area contributed by atoms with Crippen molar-refractivity contribution in [2.75, 3.05) is 19.8 Å². The predicted octanol–water partition coefficient (Wildman–Crippen LogP) is 3.92. The molecule has 1 aromatic heterocycles. The Morgan fingerprint density at radius 2 is 2.10 bits per heavy atom. The second kappa shape index (κ2) is 8.61. The summed E-state index contributed by atoms with van der Waals surface area (Å²) >= 11 is 13.1. The monoisotopic (exact) mass is 450 g/mol. The number of nitrogens with zero attached hydrogens (tertiary/aromatic N) is 1. The van der Waals surface area contributed by atoms with Crippen LogP contribution in [0.4, 0.5) is 0 Å². The van der Waals surface area contributed by atoms with Crippen molar-refractivity contribution in [1.29, 1.82) is 0 Å². The third-order valence-electron chi connectivity index (χ3n) is 5.69. The molecule has 0 unspecified atom stereocenters. The summed E-state index contributed by atoms with van der Waals surface area (Å²) in [6.07, 6.45) is 1.94. The number of aromatic amines is 1. The van der Waals surface area contributed by atoms with E-state index < -0.39 is 0 Å². The van der Waals surface area contributed by atoms with Crippen molar-refractivity contribution in [3.8, 4) is 5.75 Å². The molecule has 0 aliphatic carbocycles. The van der Waals surface area contributed by atoms with E-state index in [-0.39, 0.29) is 29.1 Å². The molecule has 2 aliphatic heterocycles. The maximum absolute atomic E-state index is 13.4. The van der Waals surface area contributed by atoms with Crippen LogP contribution in [0.2, 0.25) is 10.0 Å². The first-order chi connectivity index (χ1) is 14.4. The molecule has 1 fully saturated rings. The fourth-order valence-corrected chi connectivity index (χ4v) is 4.68. The van der Waals surface area contributed by atoms with Gasteiger partial charge in [0.2, 0.25) is 0 Å². The van der Waals surface area contributed by atoms with Crippen molar-refractivity contribution >= 4 is 29.1 Å². The number of pyridine rings is 1. The van der Waals surface area contributed by atoms with Crippen LogP contribution in [-0.2, 0) is 24.1 Å². The number of halogens is 2. The van der Waals surface area contributed by atoms with Crippen LogP contribution in [0.15, 0.2) is 16.9 Å². The van der Waals surface area contributed by atoms with Crippen molar-refractivity contribution in [3.63, 3.8) is 0 Å². The second-order valence-corrected chi connectivity index (χ2v) is 8.53. The number of hydrogen-bond donors (Lipinski definition) is 1. The lowest BCUT2D eigenvalue weighted by molar-refractivity contribution is 0.0725. The Bertz CT molecular complexity index is 1040. The second-order valence-electron chi connectivity index (χ2n) is 7.74. The number of aromatic nitrogens is 1. The van der Waals surface area contributed by atoms with Crippen molar-refractivity contribution in [2.24, 2.45) is 0 Å². The topological polar surface area (TPSA) is 71.6 Å². The fourth-order valence-electron chi connectivity index (χ4n) is 4.10. The van der Waals surface area contributed by atoms with Gasteiger partial charge >= 0.3 is 0 Å². The van der Waals surface area contributed by atoms with Crippen LogP contribution in [0.25, 0.3) is 0 Å². The average Bonchev–Trinajstić information content (AvgIpc) is 3.22. The Kier molecular flexibility index (Phi) is 6.09. The number of H-pyrrole nitrogens is 1. The molecule has 0 bridgehead atoms. The van der Waals surface area contributed by atoms with E-state index in [9.17, 15) is 9.59 Å². The molecule has 2 aliphatic rings. The van der Waals surface area contributed by atoms with Gasteiger partial charge in [0.15, 0.2) is 0 Å². The summed E-state index contributed by atoms with van der Waals surface area (Å²) in [5.41, 5.74) is 3.30. The number of amides is 1. The quantitative estimate of drug-likeness (QED) is 0.748. The molecule has 4 rings (SSSR count). The van der Waals surface area contributed by atoms with Gasteiger partial charge in [-0.25, -0.2) is 0 Å². The van der Waals surface area contributed by atoms with Gasteiger partial charge in [-0.15, -0.1) is 0 Å². The first-order valence-corrected chi connectivity index (χ1v) is 10.9. The van der Waals surface area contributed by atoms with E-state index in [1.165, 1.54) is 0 Å². The standard InChI is InChI=1S/C22H24Cl2N2O4/c1-3-13-8-12(2)25-21(27)16(13)10-26-6-4-15-17(23)9-18(20(24)19(15)22(26)28)30-14-5-7-29-11-14/h8-9,14H,3-7,10-11H2,1-2H3,(H,25,27)/t14-/m1/s1. The van der Waals surface area contributed by atoms with E-state index >= 15 is 0 Å². The lowest BCUT2D eigenvalue weighted by Crippen LogP contribution is -2.39. The maximum atomic E-state index is 13.4. The number of ether oxygens (including phenoxy) is 2. The minimum atomic E-state index is -0.238. The molecule has 1 aromatic carbocycles. The largest absolute Gasteiger partial charge is 0.486 e. The van der Waals surface area contributed by atoms with Gasteiger partial charge in [0, 0.05) is 35.3 Å². The highest BCUT2D eigenvalue weighted by molar-refractivity contribution is 6.38. The summed E-state index contributed by atoms with van der Waals surface area (Å²) in [6, 6.07) is 3.64. The third-order valence-corrected chi connectivity index (χ3v) is 6.40. The normalized spacial score (nSPS) is 18.6. The zero-order valence-corrected chi connectivity index (χ0v) is 18.5. The highest BCUT2D eigenvalue weighted by atomic mass is 35.5. The molecule has 8 heteroatoms. The molecule has 3 heterocycles. The Labute approximate surface area is 185 Å². The summed E-state index contributed by atoms with van der Waals surface area (Å²) in [4.78, 5) is 30.4. The van der Waals surface area contributed by atoms with Gasteiger partial charge in [-0.05, 0) is 37.0 Å². The summed E-state index contributed by atoms with van der Waals surface area (Å²) < 4.78 is 11.3. The molecule has 160 valence electrons. The number of aryl methyl sites for hydroxylation is 2. The Hall–Kier alpha value is -2.02. The summed E-state index contributed by atoms with van der Waals surface area (Å²) in [5, 5.41) is 0.739. The van der Waals surface area contributed by atoms with Gasteiger partial charge < -0.3 is 19.4 Å². The van der Waals surface area contributed by atoms with E-state index in [0.29, 0.717) is 54.5 Å². The Morgan fingerprint density at radius 3 is 2.80 bits per heavy atom. The SMILES string of the molecule is CCc1cc(C)[nH]c(=O)c1CN1CCc2c(Cl)cc(O[C@@H]3CCOC3)c(Cl)c2C1=O. The van der Waals surface area contributed by atoms with Gasteiger partial charge in [-0.3, -0.25) is 9.59 Å². The zero-order chi connectivity index (χ0) is 21.4. The maximum Gasteiger partial charge on any atom is 0.256 e. The van der Waals surface area contributed by atoms with E-state index in [4.69, 9.17) is 32.7 Å². The van der Waals surface area contributed by atoms with Crippen LogP contribution in [0.1, 0.15) is 46.1 Å². The number of hydrogen-bond acceptors (Lipinski definition) is 4. The highest BCUT2D eigenvalue weighted by Gasteiger charge is 2.32. The van der Waals surface area contributed by atoms with Crippen LogP contribution < -0.4 is 10.3 Å². The van der Waals surface area contributed by atoms with E-state index in [0.717, 1.165) is 23.2 Å². The molecule has 1 saturated heterocycles. The smallest absolute Gasteiger partial charge is 0.256 e. The Balaban J connectivity index is 1.66. The van der Waals surface area contributed by atoms with Crippen LogP contribution in [0.5, 0.6) is 5.75 Å². The van der Waals surface area contributed by atoms with Crippen molar-refractivity contribution in [1.82, 2.24) is 9.88 Å². The van der Waals surface area contributed by atoms with Gasteiger partial charge in [0.05, 0.1) is 30.3 Å². The van der Waals surface area contributed by atoms with Gasteiger partial charge in [0.1, 0.15) is 11.9 Å². The molecule has 6 nitrogen and oxygen atoms in total. The molecule has 1 atom stereocenters. The molecular weight excluding hydrogens is 427 g/mol. The fraction of sp³-hybridized carbons (Fsp3) is 0.455. The number of fused-ring (bicyclic) bond motifs is 1. The number of carbonyl (C=O) groups excluding carboxylic acids is 1. The molecule has 30 heavy (non-hydrogen) atoms. The van der Waals surface area contributed by atoms with Crippen molar-refractivity contribution in [3.05, 3.63) is 60.5 Å². The third kappa shape index (κ3) is 3.96. The molecule has 2 aromatic rings. The zero-order valence-electron chi connectivity index (χ0n) is 17.0. The van der Waals surface area contributed by atoms with Crippen LogP contribution in [0.3, 0.4) is 0 Å². The van der Waals surface area contributed by atoms with Gasteiger partial charge in [0.25, 0.3) is 11.5 Å². The van der Waals surface area contributed by atoms with Crippen LogP contribution in [-0.4, -0.2) is 41.7 Å². The molecular formula is C22H24Cl2N2O4. The summed E-state index contributed by atoms with van der Waals surface area (Å²) in [6.45, 7) is 5.67. The minimum absolute atomic E-state index is 0.107. The van der Waals surface area contributed by atoms with E-state index in [1.807, 2.05) is 19.9 Å². The number of nitrogens with one attached hydrogen (secondary N) is 1. The highest BCUT2D eigenvalue weighted by Crippen LogP contribution is 2.40. The minimum Gasteiger partial charge on any atom is -0.486 e. The number of carbonyl (C=O) groups is 1. The first-order valence-electron chi connectivity index (χ1n) is 10.1. The Morgan fingerprint density at radius 1 is 1.30 bits per heavy atom. The van der Waals surface area contributed by atoms with Crippen LogP contribution in [0, 0.1) is 6.92 Å². The number of rotatable bonds is 5. The first kappa shape index (κ1) is 21.2. The van der Waals surface area contributed by atoms with Crippen molar-refractivity contribution in [2.45, 2.75) is 45.8 Å². The predicted molar refractivity (Wildman–Crippen MR) is 116 cm³/mol. The molecule has 1 amide bonds. The average molecular weight is 451 g/mol. The summed E-state index contributed by atoms with van der Waals surface area (Å²) in [7, 11) is 0. The van der Waals surface area contributed by atoms with Crippen molar-refractivity contribution < 1.29 is 14.3 Å². The van der Waals surface area contributed by atoms with Crippen LogP contribution >= 0.6 is 23.2 Å². The molecule has 1 N–H and O–H groups in total. The lowest BCUT2D eigenvalue weighted by Gasteiger charge is -2.31. The van der Waals surface area contributed by atoms with E-state index in [2.05, 4.69) is 4.98 Å². The molecule has 0 saturated carbocycles. The van der Waals surface area contributed by atoms with Gasteiger partial charge in [-0.1, -0.05) is 30.1 Å². The molecule has 0 radical (unpaired) electrons. The number of benzene rings is 1.